The van der Waals surface area contributed by atoms with E-state index in [2.05, 4.69) is 14.9 Å². The lowest BCUT2D eigenvalue weighted by Crippen LogP contribution is -2.46. The fraction of sp³-hybridized carbons (Fsp3) is 0.346. The molecule has 0 spiro atoms. The molecule has 0 amide bonds. The van der Waals surface area contributed by atoms with Gasteiger partial charge in [0, 0.05) is 109 Å². The molecule has 2 aliphatic rings. The lowest BCUT2D eigenvalue weighted by atomic mass is 10.00. The quantitative estimate of drug-likeness (QED) is 0.0553. The van der Waals surface area contributed by atoms with Gasteiger partial charge in [-0.15, -0.1) is 11.8 Å². The number of anilines is 4. The number of piperidine rings is 1. The summed E-state index contributed by atoms with van der Waals surface area (Å²) in [6.45, 7) is 7.73. The molecule has 5 aromatic carbocycles. The van der Waals surface area contributed by atoms with Crippen molar-refractivity contribution in [3.05, 3.63) is 132 Å². The van der Waals surface area contributed by atoms with Crippen LogP contribution in [0, 0.1) is 12.7 Å². The third-order valence-electron chi connectivity index (χ3n) is 13.3. The summed E-state index contributed by atoms with van der Waals surface area (Å²) in [6.07, 6.45) is 2.33. The van der Waals surface area contributed by atoms with Crippen LogP contribution in [0.3, 0.4) is 0 Å². The van der Waals surface area contributed by atoms with Crippen LogP contribution in [-0.2, 0) is 36.2 Å². The summed E-state index contributed by atoms with van der Waals surface area (Å²) in [5.74, 6) is -0.193. The first-order valence-corrected chi connectivity index (χ1v) is 30.2. The van der Waals surface area contributed by atoms with E-state index >= 15 is 4.39 Å². The van der Waals surface area contributed by atoms with Crippen molar-refractivity contribution in [1.82, 2.24) is 9.47 Å². The normalized spacial score (nSPS) is 15.9. The van der Waals surface area contributed by atoms with Gasteiger partial charge in [-0.25, -0.2) is 29.6 Å². The summed E-state index contributed by atoms with van der Waals surface area (Å²) >= 11 is 7.65. The number of hydrogen-bond donors (Lipinski definition) is 3. The Morgan fingerprint density at radius 2 is 1.42 bits per heavy atom. The molecule has 0 radical (unpaired) electrons. The molecule has 0 saturated carbocycles. The highest BCUT2D eigenvalue weighted by atomic mass is 35.5. The lowest BCUT2D eigenvalue weighted by Gasteiger charge is -2.37. The Morgan fingerprint density at radius 1 is 0.784 bits per heavy atom. The minimum atomic E-state index is -6.05. The van der Waals surface area contributed by atoms with Gasteiger partial charge in [0.2, 0.25) is 0 Å². The van der Waals surface area contributed by atoms with Crippen LogP contribution in [-0.4, -0.2) is 115 Å². The van der Waals surface area contributed by atoms with Crippen LogP contribution >= 0.6 is 23.4 Å². The molecular formula is C52H57ClF4N6O7S4. The predicted molar refractivity (Wildman–Crippen MR) is 286 cm³/mol. The van der Waals surface area contributed by atoms with Gasteiger partial charge in [0.15, 0.2) is 9.84 Å². The molecule has 1 atom stereocenters. The van der Waals surface area contributed by atoms with Gasteiger partial charge in [-0.05, 0) is 129 Å². The van der Waals surface area contributed by atoms with Crippen molar-refractivity contribution in [3.63, 3.8) is 0 Å². The maximum atomic E-state index is 15.7. The Labute approximate surface area is 439 Å². The van der Waals surface area contributed by atoms with E-state index in [0.717, 1.165) is 34.5 Å². The van der Waals surface area contributed by atoms with Gasteiger partial charge < -0.3 is 29.7 Å². The molecule has 396 valence electrons. The number of nitrogens with one attached hydrogen (secondary N) is 2. The number of sulfone groups is 2. The third-order valence-corrected chi connectivity index (χ3v) is 18.9. The first-order chi connectivity index (χ1) is 35.0. The number of likely N-dealkylation sites (tertiary alicyclic amines) is 1. The predicted octanol–water partition coefficient (Wildman–Crippen LogP) is 10.2. The zero-order valence-corrected chi connectivity index (χ0v) is 44.8. The van der Waals surface area contributed by atoms with Crippen LogP contribution in [0.1, 0.15) is 31.9 Å². The molecule has 22 heteroatoms. The molecule has 74 heavy (non-hydrogen) atoms. The number of sulfonamides is 1. The van der Waals surface area contributed by atoms with Gasteiger partial charge in [0.25, 0.3) is 19.9 Å². The van der Waals surface area contributed by atoms with Crippen LogP contribution in [0.2, 0.25) is 5.02 Å². The van der Waals surface area contributed by atoms with Crippen LogP contribution < -0.4 is 19.8 Å². The number of benzene rings is 5. The van der Waals surface area contributed by atoms with E-state index in [4.69, 9.17) is 11.6 Å². The summed E-state index contributed by atoms with van der Waals surface area (Å²) in [5, 5.41) is 13.5. The Hall–Kier alpha value is -5.29. The van der Waals surface area contributed by atoms with Gasteiger partial charge in [-0.2, -0.15) is 13.2 Å². The standard InChI is InChI=1S/C52H57ClF4N6O7S4/c1-4-63-35(2)51(72(3,65)66)49(50(63)36-10-12-38(53)13-11-36)37-30-39(54)32-43(31-37)62-28-26-61(27-29-62)42-16-14-40(15-17-42)59-74(69,70)46-18-19-47(48(33-46)73(67,68)52(55,56)57)58-41(34-71-45-8-6-5-7-9-45)20-23-60-24-21-44(64)22-25-60/h5-19,30-33,41,44,58-59,64H,4,20-29,34H2,1-3H3/t41-/m1/s1. The Morgan fingerprint density at radius 3 is 2.03 bits per heavy atom. The van der Waals surface area contributed by atoms with E-state index in [1.165, 1.54) is 36.0 Å². The van der Waals surface area contributed by atoms with Crippen molar-refractivity contribution in [1.29, 1.82) is 0 Å². The van der Waals surface area contributed by atoms with Gasteiger partial charge in [-0.3, -0.25) is 4.72 Å². The van der Waals surface area contributed by atoms with Crippen molar-refractivity contribution in [2.24, 2.45) is 0 Å². The van der Waals surface area contributed by atoms with Gasteiger partial charge in [0.05, 0.1) is 27.3 Å². The van der Waals surface area contributed by atoms with Gasteiger partial charge >= 0.3 is 5.51 Å². The van der Waals surface area contributed by atoms with E-state index in [0.29, 0.717) is 117 Å². The van der Waals surface area contributed by atoms with E-state index in [1.807, 2.05) is 51.6 Å². The zero-order chi connectivity index (χ0) is 53.2. The highest BCUT2D eigenvalue weighted by Crippen LogP contribution is 2.44. The number of thioether (sulfide) groups is 1. The van der Waals surface area contributed by atoms with Crippen LogP contribution in [0.4, 0.5) is 40.3 Å². The molecule has 3 N–H and O–H groups in total. The maximum Gasteiger partial charge on any atom is 0.501 e. The second kappa shape index (κ2) is 22.5. The van der Waals surface area contributed by atoms with Crippen molar-refractivity contribution in [2.45, 2.75) is 76.9 Å². The second-order valence-electron chi connectivity index (χ2n) is 18.4. The zero-order valence-electron chi connectivity index (χ0n) is 40.8. The summed E-state index contributed by atoms with van der Waals surface area (Å²) in [6, 6.07) is 29.3. The molecule has 0 bridgehead atoms. The van der Waals surface area contributed by atoms with E-state index in [1.54, 1.807) is 49.4 Å². The van der Waals surface area contributed by atoms with Crippen LogP contribution in [0.25, 0.3) is 22.4 Å². The molecule has 1 aromatic heterocycles. The Balaban J connectivity index is 0.981. The van der Waals surface area contributed by atoms with E-state index in [-0.39, 0.29) is 16.3 Å². The van der Waals surface area contributed by atoms with Crippen molar-refractivity contribution in [3.8, 4) is 22.4 Å². The Kier molecular flexibility index (Phi) is 16.7. The topological polar surface area (TPSA) is 161 Å². The van der Waals surface area contributed by atoms with Crippen molar-refractivity contribution >= 4 is 75.8 Å². The van der Waals surface area contributed by atoms with Crippen molar-refractivity contribution in [2.75, 3.05) is 77.7 Å². The smallest absolute Gasteiger partial charge is 0.393 e. The van der Waals surface area contributed by atoms with Crippen LogP contribution in [0.5, 0.6) is 0 Å². The number of nitrogens with zero attached hydrogens (tertiary/aromatic N) is 4. The van der Waals surface area contributed by atoms with Gasteiger partial charge in [0.1, 0.15) is 10.7 Å². The summed E-state index contributed by atoms with van der Waals surface area (Å²) < 4.78 is 144. The first-order valence-electron chi connectivity index (χ1n) is 24.0. The summed E-state index contributed by atoms with van der Waals surface area (Å²) in [4.78, 5) is 5.27. The number of aliphatic hydroxyl groups excluding tert-OH is 1. The second-order valence-corrected chi connectivity index (χ2v) is 25.5. The largest absolute Gasteiger partial charge is 0.501 e. The fourth-order valence-corrected chi connectivity index (χ4v) is 14.0. The minimum absolute atomic E-state index is 0.0731. The molecular weight excluding hydrogens is 1060 g/mol. The van der Waals surface area contributed by atoms with Crippen LogP contribution in [0.15, 0.2) is 135 Å². The number of alkyl halides is 3. The molecule has 2 saturated heterocycles. The summed E-state index contributed by atoms with van der Waals surface area (Å²) in [5.41, 5.74) is -2.11. The Bertz CT molecular complexity index is 3300. The molecule has 13 nitrogen and oxygen atoms in total. The van der Waals surface area contributed by atoms with E-state index in [9.17, 15) is 43.5 Å². The molecule has 3 heterocycles. The number of piperazine rings is 1. The molecule has 2 fully saturated rings. The van der Waals surface area contributed by atoms with Crippen molar-refractivity contribution < 1.29 is 47.9 Å². The first kappa shape index (κ1) is 55.0. The number of halogens is 5. The number of aromatic nitrogens is 1. The fourth-order valence-electron chi connectivity index (χ4n) is 9.56. The number of rotatable bonds is 18. The minimum Gasteiger partial charge on any atom is -0.393 e. The monoisotopic (exact) mass is 1120 g/mol. The average molecular weight is 1120 g/mol. The third kappa shape index (κ3) is 12.5. The van der Waals surface area contributed by atoms with Gasteiger partial charge in [-0.1, -0.05) is 41.9 Å². The molecule has 2 aliphatic heterocycles. The van der Waals surface area contributed by atoms with E-state index < -0.39 is 63.0 Å². The number of aliphatic hydroxyl groups is 1. The number of hydrogen-bond acceptors (Lipinski definition) is 12. The SMILES string of the molecule is CCn1c(C)c(S(C)(=O)=O)c(-c2cc(F)cc(N3CCN(c4ccc(NS(=O)(=O)c5ccc(N[C@H](CCN6CCC(O)CC6)CSc6ccccc6)c(S(=O)(=O)C(F)(F)F)c5)cc4)CC3)c2)c1-c1ccc(Cl)cc1. The highest BCUT2D eigenvalue weighted by Gasteiger charge is 2.48. The lowest BCUT2D eigenvalue weighted by molar-refractivity contribution is -0.0435. The highest BCUT2D eigenvalue weighted by molar-refractivity contribution is 7.99. The summed E-state index contributed by atoms with van der Waals surface area (Å²) in [7, 11) is -14.5. The maximum absolute atomic E-state index is 15.7. The molecule has 0 unspecified atom stereocenters. The molecule has 0 aliphatic carbocycles. The molecule has 6 aromatic rings. The average Bonchev–Trinajstić information content (AvgIpc) is 3.68. The molecule has 8 rings (SSSR count).